The van der Waals surface area contributed by atoms with Crippen molar-refractivity contribution in [3.8, 4) is 11.5 Å². The summed E-state index contributed by atoms with van der Waals surface area (Å²) in [7, 11) is 3.31. The van der Waals surface area contributed by atoms with Gasteiger partial charge in [0, 0.05) is 15.7 Å². The van der Waals surface area contributed by atoms with Crippen molar-refractivity contribution < 1.29 is 9.47 Å². The molecule has 1 aliphatic heterocycles. The van der Waals surface area contributed by atoms with Crippen LogP contribution in [-0.2, 0) is 0 Å². The van der Waals surface area contributed by atoms with Gasteiger partial charge in [0.15, 0.2) is 0 Å². The molecule has 3 aromatic rings. The summed E-state index contributed by atoms with van der Waals surface area (Å²) in [5, 5.41) is 7.72. The second-order valence-corrected chi connectivity index (χ2v) is 6.71. The number of methoxy groups -OCH3 is 2. The first kappa shape index (κ1) is 16.7. The number of hydrogen-bond acceptors (Lipinski definition) is 5. The zero-order chi connectivity index (χ0) is 18.1. The van der Waals surface area contributed by atoms with Crippen LogP contribution < -0.4 is 14.8 Å². The molecule has 1 aliphatic rings. The molecule has 4 rings (SSSR count). The van der Waals surface area contributed by atoms with Crippen LogP contribution in [0.1, 0.15) is 17.2 Å². The van der Waals surface area contributed by atoms with Crippen molar-refractivity contribution >= 4 is 27.6 Å². The van der Waals surface area contributed by atoms with Gasteiger partial charge in [-0.2, -0.15) is 10.1 Å². The van der Waals surface area contributed by atoms with Crippen LogP contribution in [0.3, 0.4) is 0 Å². The summed E-state index contributed by atoms with van der Waals surface area (Å²) in [4.78, 5) is 4.34. The lowest BCUT2D eigenvalue weighted by molar-refractivity contribution is 0.394. The summed E-state index contributed by atoms with van der Waals surface area (Å²) in [5.41, 5.74) is 2.98. The lowest BCUT2D eigenvalue weighted by atomic mass is 10.0. The summed E-state index contributed by atoms with van der Waals surface area (Å²) in [6.07, 6.45) is 3.66. The van der Waals surface area contributed by atoms with Gasteiger partial charge in [-0.3, -0.25) is 0 Å². The smallest absolute Gasteiger partial charge is 0.226 e. The fourth-order valence-corrected chi connectivity index (χ4v) is 3.29. The molecule has 132 valence electrons. The fourth-order valence-electron chi connectivity index (χ4n) is 3.02. The van der Waals surface area contributed by atoms with Crippen molar-refractivity contribution in [3.05, 3.63) is 70.5 Å². The highest BCUT2D eigenvalue weighted by Crippen LogP contribution is 2.37. The molecule has 0 amide bonds. The molecule has 2 aromatic carbocycles. The van der Waals surface area contributed by atoms with Crippen LogP contribution in [0.5, 0.6) is 11.5 Å². The number of nitrogens with zero attached hydrogens (tertiary/aromatic N) is 3. The van der Waals surface area contributed by atoms with E-state index in [0.717, 1.165) is 32.8 Å². The van der Waals surface area contributed by atoms with E-state index in [2.05, 4.69) is 49.5 Å². The number of halogens is 1. The van der Waals surface area contributed by atoms with E-state index in [9.17, 15) is 0 Å². The van der Waals surface area contributed by atoms with Crippen LogP contribution in [0.15, 0.2) is 59.3 Å². The Morgan fingerprint density at radius 2 is 1.88 bits per heavy atom. The lowest BCUT2D eigenvalue weighted by Gasteiger charge is -2.25. The molecule has 0 bridgehead atoms. The predicted molar refractivity (Wildman–Crippen MR) is 103 cm³/mol. The third-order valence-corrected chi connectivity index (χ3v) is 4.85. The Bertz CT molecular complexity index is 966. The Morgan fingerprint density at radius 1 is 1.08 bits per heavy atom. The molecule has 6 nitrogen and oxygen atoms in total. The fraction of sp³-hybridized carbons (Fsp3) is 0.158. The maximum absolute atomic E-state index is 5.57. The Labute approximate surface area is 159 Å². The maximum Gasteiger partial charge on any atom is 0.226 e. The highest BCUT2D eigenvalue weighted by molar-refractivity contribution is 9.10. The van der Waals surface area contributed by atoms with Crippen LogP contribution in [0, 0.1) is 0 Å². The third-order valence-electron chi connectivity index (χ3n) is 4.32. The molecule has 7 heteroatoms. The van der Waals surface area contributed by atoms with E-state index in [0.29, 0.717) is 5.95 Å². The molecule has 0 saturated heterocycles. The molecular weight excluding hydrogens is 396 g/mol. The van der Waals surface area contributed by atoms with E-state index in [1.807, 2.05) is 35.0 Å². The van der Waals surface area contributed by atoms with E-state index in [1.54, 1.807) is 20.5 Å². The lowest BCUT2D eigenvalue weighted by Crippen LogP contribution is -2.20. The molecule has 2 heterocycles. The maximum atomic E-state index is 5.57. The largest absolute Gasteiger partial charge is 0.497 e. The second-order valence-electron chi connectivity index (χ2n) is 5.79. The normalized spacial score (nSPS) is 15.7. The number of allylic oxidation sites excluding steroid dienone is 1. The second kappa shape index (κ2) is 6.84. The average Bonchev–Trinajstić information content (AvgIpc) is 3.16. The van der Waals surface area contributed by atoms with Gasteiger partial charge in [-0.15, -0.1) is 0 Å². The number of benzene rings is 2. The van der Waals surface area contributed by atoms with E-state index in [1.165, 1.54) is 0 Å². The van der Waals surface area contributed by atoms with Gasteiger partial charge in [-0.05, 0) is 42.0 Å². The molecule has 0 saturated carbocycles. The third kappa shape index (κ3) is 2.94. The first-order valence-electron chi connectivity index (χ1n) is 8.06. The van der Waals surface area contributed by atoms with Crippen molar-refractivity contribution in [2.45, 2.75) is 6.04 Å². The molecule has 0 radical (unpaired) electrons. The first-order chi connectivity index (χ1) is 12.7. The van der Waals surface area contributed by atoms with E-state index >= 15 is 0 Å². The van der Waals surface area contributed by atoms with Gasteiger partial charge in [0.25, 0.3) is 0 Å². The molecule has 0 fully saturated rings. The zero-order valence-corrected chi connectivity index (χ0v) is 15.9. The van der Waals surface area contributed by atoms with E-state index < -0.39 is 0 Å². The van der Waals surface area contributed by atoms with Gasteiger partial charge in [0.2, 0.25) is 5.95 Å². The monoisotopic (exact) mass is 412 g/mol. The first-order valence-corrected chi connectivity index (χ1v) is 8.85. The molecule has 0 spiro atoms. The predicted octanol–water partition coefficient (Wildman–Crippen LogP) is 4.11. The molecular formula is C19H17BrN4O2. The number of nitrogens with one attached hydrogen (secondary N) is 1. The van der Waals surface area contributed by atoms with E-state index in [4.69, 9.17) is 9.47 Å². The topological polar surface area (TPSA) is 61.2 Å². The standard InChI is InChI=1S/C19H17BrN4O2/c1-25-14-7-8-18(26-2)15(9-14)17-10-16(12-3-5-13(20)6-4-12)23-19-21-11-22-24(17)19/h3-11,17H,1-2H3,(H,21,22,23)/t17-/m0/s1. The van der Waals surface area contributed by atoms with E-state index in [-0.39, 0.29) is 6.04 Å². The highest BCUT2D eigenvalue weighted by Gasteiger charge is 2.26. The number of rotatable bonds is 4. The zero-order valence-electron chi connectivity index (χ0n) is 14.3. The Hall–Kier alpha value is -2.80. The summed E-state index contributed by atoms with van der Waals surface area (Å²) in [5.74, 6) is 2.21. The summed E-state index contributed by atoms with van der Waals surface area (Å²) >= 11 is 3.48. The van der Waals surface area contributed by atoms with Crippen LogP contribution in [-0.4, -0.2) is 29.0 Å². The van der Waals surface area contributed by atoms with Crippen LogP contribution in [0.2, 0.25) is 0 Å². The van der Waals surface area contributed by atoms with Gasteiger partial charge >= 0.3 is 0 Å². The van der Waals surface area contributed by atoms with Crippen LogP contribution >= 0.6 is 15.9 Å². The van der Waals surface area contributed by atoms with Gasteiger partial charge in [0.05, 0.1) is 14.2 Å². The van der Waals surface area contributed by atoms with Crippen LogP contribution in [0.25, 0.3) is 5.70 Å². The van der Waals surface area contributed by atoms with Crippen molar-refractivity contribution in [1.82, 2.24) is 14.8 Å². The van der Waals surface area contributed by atoms with Crippen molar-refractivity contribution in [3.63, 3.8) is 0 Å². The SMILES string of the molecule is COc1ccc(OC)c([C@@H]2C=C(c3ccc(Br)cc3)Nc3ncnn32)c1. The average molecular weight is 413 g/mol. The minimum atomic E-state index is -0.169. The summed E-state index contributed by atoms with van der Waals surface area (Å²) in [6.45, 7) is 0. The summed E-state index contributed by atoms with van der Waals surface area (Å²) in [6, 6.07) is 13.7. The molecule has 1 N–H and O–H groups in total. The number of aromatic nitrogens is 3. The molecule has 26 heavy (non-hydrogen) atoms. The summed E-state index contributed by atoms with van der Waals surface area (Å²) < 4.78 is 13.8. The molecule has 0 aliphatic carbocycles. The quantitative estimate of drug-likeness (QED) is 0.698. The van der Waals surface area contributed by atoms with Gasteiger partial charge in [-0.1, -0.05) is 28.1 Å². The number of ether oxygens (including phenoxy) is 2. The van der Waals surface area contributed by atoms with Crippen molar-refractivity contribution in [2.24, 2.45) is 0 Å². The number of anilines is 1. The minimum Gasteiger partial charge on any atom is -0.497 e. The highest BCUT2D eigenvalue weighted by atomic mass is 79.9. The number of fused-ring (bicyclic) bond motifs is 1. The van der Waals surface area contributed by atoms with Gasteiger partial charge in [0.1, 0.15) is 23.9 Å². The molecule has 1 aromatic heterocycles. The molecule has 1 atom stereocenters. The minimum absolute atomic E-state index is 0.169. The van der Waals surface area contributed by atoms with Crippen molar-refractivity contribution in [1.29, 1.82) is 0 Å². The molecule has 0 unspecified atom stereocenters. The van der Waals surface area contributed by atoms with Gasteiger partial charge in [-0.25, -0.2) is 4.68 Å². The van der Waals surface area contributed by atoms with Crippen LogP contribution in [0.4, 0.5) is 5.95 Å². The Morgan fingerprint density at radius 3 is 2.62 bits per heavy atom. The van der Waals surface area contributed by atoms with Gasteiger partial charge < -0.3 is 14.8 Å². The Balaban J connectivity index is 1.85. The van der Waals surface area contributed by atoms with Crippen molar-refractivity contribution in [2.75, 3.05) is 19.5 Å². The Kier molecular flexibility index (Phi) is 4.38. The number of hydrogen-bond donors (Lipinski definition) is 1.